The number of hydrogen-bond acceptors (Lipinski definition) is 4. The monoisotopic (exact) mass is 397 g/mol. The first-order chi connectivity index (χ1) is 14.0. The fourth-order valence-corrected chi connectivity index (χ4v) is 3.84. The minimum atomic E-state index is -0.559. The van der Waals surface area contributed by atoms with Crippen molar-refractivity contribution in [3.8, 4) is 17.2 Å². The summed E-state index contributed by atoms with van der Waals surface area (Å²) in [5, 5.41) is 3.22. The van der Waals surface area contributed by atoms with E-state index < -0.39 is 6.10 Å². The molecule has 1 aliphatic heterocycles. The van der Waals surface area contributed by atoms with Gasteiger partial charge >= 0.3 is 0 Å². The largest absolute Gasteiger partial charge is 0.497 e. The van der Waals surface area contributed by atoms with E-state index >= 15 is 0 Å². The third-order valence-electron chi connectivity index (χ3n) is 5.80. The lowest BCUT2D eigenvalue weighted by atomic mass is 9.83. The van der Waals surface area contributed by atoms with Crippen LogP contribution in [0, 0.1) is 0 Å². The highest BCUT2D eigenvalue weighted by Gasteiger charge is 2.39. The third-order valence-corrected chi connectivity index (χ3v) is 5.80. The van der Waals surface area contributed by atoms with Gasteiger partial charge in [0.2, 0.25) is 0 Å². The number of methoxy groups -OCH3 is 1. The fourth-order valence-electron chi connectivity index (χ4n) is 3.84. The number of carbonyl (C=O) groups excluding carboxylic acids is 1. The van der Waals surface area contributed by atoms with Gasteiger partial charge in [-0.15, -0.1) is 0 Å². The molecule has 1 heterocycles. The summed E-state index contributed by atoms with van der Waals surface area (Å²) < 4.78 is 17.5. The van der Waals surface area contributed by atoms with E-state index in [4.69, 9.17) is 14.2 Å². The molecule has 0 unspecified atom stereocenters. The Bertz CT molecular complexity index is 814. The third kappa shape index (κ3) is 4.66. The molecule has 1 N–H and O–H groups in total. The van der Waals surface area contributed by atoms with Crippen LogP contribution < -0.4 is 19.5 Å². The van der Waals surface area contributed by atoms with Crippen molar-refractivity contribution in [3.05, 3.63) is 54.1 Å². The maximum Gasteiger partial charge on any atom is 0.261 e. The Hall–Kier alpha value is -2.69. The van der Waals surface area contributed by atoms with Gasteiger partial charge in [-0.05, 0) is 49.6 Å². The first-order valence-electron chi connectivity index (χ1n) is 10.4. The van der Waals surface area contributed by atoms with E-state index in [1.807, 2.05) is 55.5 Å². The predicted molar refractivity (Wildman–Crippen MR) is 114 cm³/mol. The molecular weight excluding hydrogens is 366 g/mol. The van der Waals surface area contributed by atoms with Gasteiger partial charge in [0.15, 0.2) is 6.10 Å². The van der Waals surface area contributed by atoms with E-state index in [9.17, 15) is 4.79 Å². The summed E-state index contributed by atoms with van der Waals surface area (Å²) in [7, 11) is 1.62. The van der Waals surface area contributed by atoms with Gasteiger partial charge in [0.1, 0.15) is 22.8 Å². The zero-order valence-electron chi connectivity index (χ0n) is 17.7. The van der Waals surface area contributed by atoms with Gasteiger partial charge in [-0.25, -0.2) is 0 Å². The summed E-state index contributed by atoms with van der Waals surface area (Å²) in [6.07, 6.45) is 2.56. The van der Waals surface area contributed by atoms with E-state index in [-0.39, 0.29) is 17.6 Å². The van der Waals surface area contributed by atoms with Crippen molar-refractivity contribution >= 4 is 5.91 Å². The summed E-state index contributed by atoms with van der Waals surface area (Å²) in [6, 6.07) is 15.2. The summed E-state index contributed by atoms with van der Waals surface area (Å²) >= 11 is 0. The lowest BCUT2D eigenvalue weighted by molar-refractivity contribution is -0.129. The van der Waals surface area contributed by atoms with Gasteiger partial charge in [0.25, 0.3) is 5.91 Å². The molecule has 0 spiro atoms. The summed E-state index contributed by atoms with van der Waals surface area (Å²) in [6.45, 7) is 6.23. The zero-order chi connectivity index (χ0) is 20.9. The van der Waals surface area contributed by atoms with Crippen LogP contribution >= 0.6 is 0 Å². The quantitative estimate of drug-likeness (QED) is 0.677. The molecule has 0 aromatic heterocycles. The van der Waals surface area contributed by atoms with E-state index in [0.717, 1.165) is 36.3 Å². The first kappa shape index (κ1) is 21.0. The second-order valence-electron chi connectivity index (χ2n) is 7.49. The number of fused-ring (bicyclic) bond motifs is 1. The maximum atomic E-state index is 13.1. The molecule has 0 fully saturated rings. The number of amides is 1. The zero-order valence-corrected chi connectivity index (χ0v) is 17.7. The van der Waals surface area contributed by atoms with Crippen LogP contribution in [0.1, 0.15) is 58.1 Å². The standard InChI is InChI=1S/C24H31NO4/c1-5-21(28-18-14-12-17(27-4)13-15-18)23(26)25-20-16-24(6-2,7-3)29-22-11-9-8-10-19(20)22/h8-15,20-21H,5-7,16H2,1-4H3,(H,25,26)/t20-,21+/m1/s1. The summed E-state index contributed by atoms with van der Waals surface area (Å²) in [4.78, 5) is 13.1. The Morgan fingerprint density at radius 2 is 1.76 bits per heavy atom. The first-order valence-corrected chi connectivity index (χ1v) is 10.4. The molecule has 2 aromatic rings. The lowest BCUT2D eigenvalue weighted by Gasteiger charge is -2.42. The Labute approximate surface area is 173 Å². The van der Waals surface area contributed by atoms with Gasteiger partial charge in [-0.3, -0.25) is 4.79 Å². The van der Waals surface area contributed by atoms with Crippen LogP contribution in [0.2, 0.25) is 0 Å². The van der Waals surface area contributed by atoms with Gasteiger partial charge in [-0.2, -0.15) is 0 Å². The van der Waals surface area contributed by atoms with E-state index in [1.54, 1.807) is 7.11 Å². The van der Waals surface area contributed by atoms with Crippen LogP contribution in [0.15, 0.2) is 48.5 Å². The highest BCUT2D eigenvalue weighted by molar-refractivity contribution is 5.81. The summed E-state index contributed by atoms with van der Waals surface area (Å²) in [5.41, 5.74) is 0.767. The number of ether oxygens (including phenoxy) is 3. The van der Waals surface area contributed by atoms with E-state index in [2.05, 4.69) is 19.2 Å². The fraction of sp³-hybridized carbons (Fsp3) is 0.458. The van der Waals surface area contributed by atoms with Crippen molar-refractivity contribution < 1.29 is 19.0 Å². The normalized spacial score (nSPS) is 18.1. The second kappa shape index (κ2) is 9.21. The number of para-hydroxylation sites is 1. The average molecular weight is 398 g/mol. The van der Waals surface area contributed by atoms with Crippen molar-refractivity contribution in [2.24, 2.45) is 0 Å². The Morgan fingerprint density at radius 1 is 1.10 bits per heavy atom. The number of nitrogens with one attached hydrogen (secondary N) is 1. The lowest BCUT2D eigenvalue weighted by Crippen LogP contribution is -2.47. The van der Waals surface area contributed by atoms with Crippen molar-refractivity contribution in [2.45, 2.75) is 64.2 Å². The molecule has 0 saturated heterocycles. The number of hydrogen-bond donors (Lipinski definition) is 1. The molecule has 2 aromatic carbocycles. The molecule has 29 heavy (non-hydrogen) atoms. The van der Waals surface area contributed by atoms with Crippen LogP contribution in [-0.2, 0) is 4.79 Å². The van der Waals surface area contributed by atoms with Crippen molar-refractivity contribution in [1.29, 1.82) is 0 Å². The molecule has 5 nitrogen and oxygen atoms in total. The van der Waals surface area contributed by atoms with Gasteiger partial charge < -0.3 is 19.5 Å². The predicted octanol–water partition coefficient (Wildman–Crippen LogP) is 5.05. The van der Waals surface area contributed by atoms with Gasteiger partial charge in [-0.1, -0.05) is 39.0 Å². The molecule has 0 saturated carbocycles. The topological polar surface area (TPSA) is 56.8 Å². The van der Waals surface area contributed by atoms with Gasteiger partial charge in [0, 0.05) is 12.0 Å². The SMILES string of the molecule is CC[C@H](Oc1ccc(OC)cc1)C(=O)N[C@@H]1CC(CC)(CC)Oc2ccccc21. The molecule has 1 aliphatic rings. The minimum Gasteiger partial charge on any atom is -0.497 e. The molecule has 2 atom stereocenters. The number of rotatable bonds is 8. The molecule has 156 valence electrons. The van der Waals surface area contributed by atoms with Crippen molar-refractivity contribution in [3.63, 3.8) is 0 Å². The van der Waals surface area contributed by atoms with E-state index in [1.165, 1.54) is 0 Å². The molecule has 1 amide bonds. The van der Waals surface area contributed by atoms with Crippen LogP contribution in [0.4, 0.5) is 0 Å². The number of carbonyl (C=O) groups is 1. The number of benzene rings is 2. The second-order valence-corrected chi connectivity index (χ2v) is 7.49. The van der Waals surface area contributed by atoms with Crippen molar-refractivity contribution in [2.75, 3.05) is 7.11 Å². The smallest absolute Gasteiger partial charge is 0.261 e. The highest BCUT2D eigenvalue weighted by atomic mass is 16.5. The van der Waals surface area contributed by atoms with Gasteiger partial charge in [0.05, 0.1) is 13.2 Å². The summed E-state index contributed by atoms with van der Waals surface area (Å²) in [5.74, 6) is 2.16. The van der Waals surface area contributed by atoms with Crippen LogP contribution in [-0.4, -0.2) is 24.7 Å². The molecule has 0 bridgehead atoms. The Balaban J connectivity index is 1.76. The van der Waals surface area contributed by atoms with E-state index in [0.29, 0.717) is 12.2 Å². The van der Waals surface area contributed by atoms with Crippen LogP contribution in [0.3, 0.4) is 0 Å². The molecule has 0 radical (unpaired) electrons. The van der Waals surface area contributed by atoms with Crippen LogP contribution in [0.25, 0.3) is 0 Å². The Kier molecular flexibility index (Phi) is 6.68. The van der Waals surface area contributed by atoms with Crippen molar-refractivity contribution in [1.82, 2.24) is 5.32 Å². The Morgan fingerprint density at radius 3 is 2.38 bits per heavy atom. The molecular formula is C24H31NO4. The average Bonchev–Trinajstić information content (AvgIpc) is 2.77. The maximum absolute atomic E-state index is 13.1. The molecule has 3 rings (SSSR count). The molecule has 5 heteroatoms. The highest BCUT2D eigenvalue weighted by Crippen LogP contribution is 2.42. The molecule has 0 aliphatic carbocycles. The minimum absolute atomic E-state index is 0.0964. The van der Waals surface area contributed by atoms with Crippen LogP contribution in [0.5, 0.6) is 17.2 Å².